The number of rotatable bonds is 7. The Morgan fingerprint density at radius 2 is 1.89 bits per heavy atom. The van der Waals surface area contributed by atoms with E-state index >= 15 is 0 Å². The molecule has 19 heavy (non-hydrogen) atoms. The van der Waals surface area contributed by atoms with Gasteiger partial charge in [-0.2, -0.15) is 13.2 Å². The molecule has 1 unspecified atom stereocenters. The van der Waals surface area contributed by atoms with Crippen LogP contribution in [0.25, 0.3) is 0 Å². The number of hydrogen-bond acceptors (Lipinski definition) is 3. The van der Waals surface area contributed by atoms with Crippen LogP contribution in [0.1, 0.15) is 38.5 Å². The van der Waals surface area contributed by atoms with Gasteiger partial charge in [0.15, 0.2) is 6.10 Å². The highest BCUT2D eigenvalue weighted by Crippen LogP contribution is 2.21. The zero-order chi connectivity index (χ0) is 14.3. The first-order valence-electron chi connectivity index (χ1n) is 7.07. The molecule has 0 aromatic carbocycles. The highest BCUT2D eigenvalue weighted by molar-refractivity contribution is 4.74. The van der Waals surface area contributed by atoms with Gasteiger partial charge in [0.25, 0.3) is 0 Å². The molecule has 0 saturated heterocycles. The van der Waals surface area contributed by atoms with Gasteiger partial charge >= 0.3 is 6.18 Å². The molecule has 114 valence electrons. The lowest BCUT2D eigenvalue weighted by Crippen LogP contribution is -2.39. The maximum absolute atomic E-state index is 12.0. The first-order valence-corrected chi connectivity index (χ1v) is 7.07. The number of alkyl halides is 3. The fourth-order valence-corrected chi connectivity index (χ4v) is 2.51. The fourth-order valence-electron chi connectivity index (χ4n) is 2.51. The largest absolute Gasteiger partial charge is 0.415 e. The molecule has 1 fully saturated rings. The number of hydrogen-bond donors (Lipinski definition) is 2. The number of aliphatic hydroxyl groups is 1. The Labute approximate surface area is 113 Å². The zero-order valence-electron chi connectivity index (χ0n) is 11.5. The van der Waals surface area contributed by atoms with Gasteiger partial charge in [-0.15, -0.1) is 0 Å². The minimum Gasteiger partial charge on any atom is -0.382 e. The van der Waals surface area contributed by atoms with E-state index in [9.17, 15) is 13.2 Å². The van der Waals surface area contributed by atoms with Crippen molar-refractivity contribution in [3.8, 4) is 0 Å². The van der Waals surface area contributed by atoms with Gasteiger partial charge in [0, 0.05) is 12.6 Å². The predicted octanol–water partition coefficient (Wildman–Crippen LogP) is 2.15. The van der Waals surface area contributed by atoms with E-state index in [1.54, 1.807) is 0 Å². The van der Waals surface area contributed by atoms with Crippen molar-refractivity contribution in [3.63, 3.8) is 0 Å². The zero-order valence-corrected chi connectivity index (χ0v) is 11.5. The highest BCUT2D eigenvalue weighted by atomic mass is 19.4. The molecule has 1 rings (SSSR count). The van der Waals surface area contributed by atoms with Crippen LogP contribution in [0.15, 0.2) is 0 Å². The van der Waals surface area contributed by atoms with Gasteiger partial charge < -0.3 is 15.3 Å². The Morgan fingerprint density at radius 1 is 1.26 bits per heavy atom. The summed E-state index contributed by atoms with van der Waals surface area (Å²) in [6.45, 7) is 0.973. The molecule has 0 aliphatic heterocycles. The minimum absolute atomic E-state index is 0.420. The van der Waals surface area contributed by atoms with E-state index in [1.807, 2.05) is 0 Å². The maximum Gasteiger partial charge on any atom is 0.415 e. The Kier molecular flexibility index (Phi) is 7.10. The summed E-state index contributed by atoms with van der Waals surface area (Å²) in [5.74, 6) is 0. The van der Waals surface area contributed by atoms with Crippen molar-refractivity contribution >= 4 is 0 Å². The van der Waals surface area contributed by atoms with E-state index in [0.29, 0.717) is 12.6 Å². The topological polar surface area (TPSA) is 35.5 Å². The molecule has 0 heterocycles. The summed E-state index contributed by atoms with van der Waals surface area (Å²) in [6, 6.07) is 0.634. The number of nitrogens with zero attached hydrogens (tertiary/aromatic N) is 1. The second-order valence-corrected chi connectivity index (χ2v) is 5.39. The number of aliphatic hydroxyl groups excluding tert-OH is 1. The van der Waals surface area contributed by atoms with Crippen LogP contribution in [0.4, 0.5) is 13.2 Å². The Bertz CT molecular complexity index is 243. The molecule has 1 atom stereocenters. The molecule has 2 N–H and O–H groups in total. The molecule has 0 amide bonds. The van der Waals surface area contributed by atoms with Crippen LogP contribution in [0.3, 0.4) is 0 Å². The molecule has 3 nitrogen and oxygen atoms in total. The quantitative estimate of drug-likeness (QED) is 0.702. The van der Waals surface area contributed by atoms with Crippen molar-refractivity contribution in [1.29, 1.82) is 0 Å². The van der Waals surface area contributed by atoms with E-state index in [-0.39, 0.29) is 0 Å². The normalized spacial score (nSPS) is 19.9. The Hall–Kier alpha value is -0.330. The van der Waals surface area contributed by atoms with Crippen molar-refractivity contribution < 1.29 is 18.3 Å². The first-order chi connectivity index (χ1) is 8.91. The maximum atomic E-state index is 12.0. The lowest BCUT2D eigenvalue weighted by atomic mass is 9.94. The summed E-state index contributed by atoms with van der Waals surface area (Å²) in [5, 5.41) is 11.5. The van der Waals surface area contributed by atoms with Crippen molar-refractivity contribution in [1.82, 2.24) is 10.2 Å². The van der Waals surface area contributed by atoms with Crippen LogP contribution in [-0.4, -0.2) is 55.0 Å². The lowest BCUT2D eigenvalue weighted by molar-refractivity contribution is -0.201. The standard InChI is InChI=1S/C13H25F3N2O/c1-18(11-6-3-2-4-7-11)9-5-8-17-10-12(19)13(14,15)16/h11-12,17,19H,2-10H2,1H3. The third-order valence-corrected chi connectivity index (χ3v) is 3.78. The summed E-state index contributed by atoms with van der Waals surface area (Å²) >= 11 is 0. The summed E-state index contributed by atoms with van der Waals surface area (Å²) < 4.78 is 36.1. The summed E-state index contributed by atoms with van der Waals surface area (Å²) in [4.78, 5) is 2.31. The van der Waals surface area contributed by atoms with Gasteiger partial charge in [-0.1, -0.05) is 19.3 Å². The molecular formula is C13H25F3N2O. The summed E-state index contributed by atoms with van der Waals surface area (Å²) in [7, 11) is 2.08. The molecule has 1 saturated carbocycles. The summed E-state index contributed by atoms with van der Waals surface area (Å²) in [6.07, 6.45) is 0.373. The van der Waals surface area contributed by atoms with Crippen LogP contribution in [0.5, 0.6) is 0 Å². The van der Waals surface area contributed by atoms with E-state index in [4.69, 9.17) is 5.11 Å². The van der Waals surface area contributed by atoms with Gasteiger partial charge in [0.05, 0.1) is 0 Å². The lowest BCUT2D eigenvalue weighted by Gasteiger charge is -2.31. The molecule has 0 aromatic rings. The average molecular weight is 282 g/mol. The highest BCUT2D eigenvalue weighted by Gasteiger charge is 2.37. The molecule has 1 aliphatic carbocycles. The van der Waals surface area contributed by atoms with Gasteiger partial charge in [0.1, 0.15) is 0 Å². The molecule has 0 spiro atoms. The summed E-state index contributed by atoms with van der Waals surface area (Å²) in [5.41, 5.74) is 0. The van der Waals surface area contributed by atoms with E-state index < -0.39 is 18.8 Å². The average Bonchev–Trinajstić information content (AvgIpc) is 2.37. The molecule has 0 bridgehead atoms. The van der Waals surface area contributed by atoms with Crippen molar-refractivity contribution in [2.45, 2.75) is 56.8 Å². The second-order valence-electron chi connectivity index (χ2n) is 5.39. The third kappa shape index (κ3) is 6.58. The molecule has 1 aliphatic rings. The van der Waals surface area contributed by atoms with Gasteiger partial charge in [-0.3, -0.25) is 0 Å². The molecular weight excluding hydrogens is 257 g/mol. The van der Waals surface area contributed by atoms with Gasteiger partial charge in [-0.05, 0) is 39.4 Å². The van der Waals surface area contributed by atoms with Gasteiger partial charge in [-0.25, -0.2) is 0 Å². The fraction of sp³-hybridized carbons (Fsp3) is 1.00. The minimum atomic E-state index is -4.52. The predicted molar refractivity (Wildman–Crippen MR) is 69.1 cm³/mol. The first kappa shape index (κ1) is 16.7. The van der Waals surface area contributed by atoms with Crippen molar-refractivity contribution in [2.75, 3.05) is 26.7 Å². The van der Waals surface area contributed by atoms with E-state index in [0.717, 1.165) is 13.0 Å². The number of nitrogens with one attached hydrogen (secondary N) is 1. The smallest absolute Gasteiger partial charge is 0.382 e. The van der Waals surface area contributed by atoms with Gasteiger partial charge in [0.2, 0.25) is 0 Å². The van der Waals surface area contributed by atoms with E-state index in [1.165, 1.54) is 32.1 Å². The van der Waals surface area contributed by atoms with Crippen LogP contribution < -0.4 is 5.32 Å². The SMILES string of the molecule is CN(CCCNCC(O)C(F)(F)F)C1CCCCC1. The monoisotopic (exact) mass is 282 g/mol. The van der Waals surface area contributed by atoms with Crippen LogP contribution in [-0.2, 0) is 0 Å². The second kappa shape index (κ2) is 8.07. The molecule has 6 heteroatoms. The third-order valence-electron chi connectivity index (χ3n) is 3.78. The van der Waals surface area contributed by atoms with Crippen molar-refractivity contribution in [3.05, 3.63) is 0 Å². The van der Waals surface area contributed by atoms with Crippen molar-refractivity contribution in [2.24, 2.45) is 0 Å². The van der Waals surface area contributed by atoms with E-state index in [2.05, 4.69) is 17.3 Å². The Balaban J connectivity index is 2.04. The molecule has 0 aromatic heterocycles. The number of halogens is 3. The van der Waals surface area contributed by atoms with Crippen LogP contribution >= 0.6 is 0 Å². The van der Waals surface area contributed by atoms with Crippen LogP contribution in [0.2, 0.25) is 0 Å². The Morgan fingerprint density at radius 3 is 2.47 bits per heavy atom. The molecule has 0 radical (unpaired) electrons. The van der Waals surface area contributed by atoms with Crippen LogP contribution in [0, 0.1) is 0 Å².